The van der Waals surface area contributed by atoms with Gasteiger partial charge in [0.05, 0.1) is 6.20 Å². The van der Waals surface area contributed by atoms with Gasteiger partial charge >= 0.3 is 5.69 Å². The van der Waals surface area contributed by atoms with Crippen LogP contribution in [0.4, 0.5) is 11.5 Å². The molecule has 0 fully saturated rings. The van der Waals surface area contributed by atoms with Gasteiger partial charge in [0, 0.05) is 6.54 Å². The molecular formula is C13H19N5O3. The lowest BCUT2D eigenvalue weighted by Gasteiger charge is -2.16. The van der Waals surface area contributed by atoms with Gasteiger partial charge in [0.15, 0.2) is 0 Å². The summed E-state index contributed by atoms with van der Waals surface area (Å²) in [5.41, 5.74) is 5.01. The Balaban J connectivity index is 2.38. The molecule has 0 aromatic carbocycles. The normalized spacial score (nSPS) is 12.3. The molecule has 0 radical (unpaired) electrons. The Morgan fingerprint density at radius 1 is 1.52 bits per heavy atom. The molecule has 0 amide bonds. The van der Waals surface area contributed by atoms with Crippen molar-refractivity contribution in [2.24, 2.45) is 0 Å². The van der Waals surface area contributed by atoms with Crippen LogP contribution >= 0.6 is 0 Å². The van der Waals surface area contributed by atoms with Gasteiger partial charge in [0.25, 0.3) is 5.56 Å². The third-order valence-corrected chi connectivity index (χ3v) is 3.06. The monoisotopic (exact) mass is 293 g/mol. The van der Waals surface area contributed by atoms with Crippen molar-refractivity contribution in [1.82, 2.24) is 14.5 Å². The third-order valence-electron chi connectivity index (χ3n) is 3.06. The molecule has 8 nitrogen and oxygen atoms in total. The molecule has 0 aliphatic heterocycles. The lowest BCUT2D eigenvalue weighted by molar-refractivity contribution is 0.453. The lowest BCUT2D eigenvalue weighted by Crippen LogP contribution is -2.34. The summed E-state index contributed by atoms with van der Waals surface area (Å²) >= 11 is 0. The van der Waals surface area contributed by atoms with Gasteiger partial charge in [0.2, 0.25) is 5.89 Å². The van der Waals surface area contributed by atoms with Crippen LogP contribution in [0.25, 0.3) is 0 Å². The zero-order valence-corrected chi connectivity index (χ0v) is 12.3. The fourth-order valence-electron chi connectivity index (χ4n) is 2.02. The van der Waals surface area contributed by atoms with E-state index >= 15 is 0 Å². The van der Waals surface area contributed by atoms with Gasteiger partial charge < -0.3 is 15.5 Å². The number of nitrogens with one attached hydrogen (secondary N) is 2. The van der Waals surface area contributed by atoms with Crippen molar-refractivity contribution >= 4 is 11.5 Å². The van der Waals surface area contributed by atoms with Gasteiger partial charge in [-0.3, -0.25) is 14.3 Å². The quantitative estimate of drug-likeness (QED) is 0.756. The number of nitrogen functional groups attached to an aromatic ring is 1. The summed E-state index contributed by atoms with van der Waals surface area (Å²) in [7, 11) is 0. The van der Waals surface area contributed by atoms with Crippen LogP contribution in [0, 0.1) is 6.92 Å². The number of aromatic amines is 1. The zero-order chi connectivity index (χ0) is 15.6. The predicted octanol–water partition coefficient (Wildman–Crippen LogP) is 0.998. The van der Waals surface area contributed by atoms with Gasteiger partial charge in [0.1, 0.15) is 23.3 Å². The fraction of sp³-hybridized carbons (Fsp3) is 0.462. The highest BCUT2D eigenvalue weighted by Gasteiger charge is 2.17. The van der Waals surface area contributed by atoms with Gasteiger partial charge in [-0.1, -0.05) is 6.92 Å². The molecule has 0 aliphatic carbocycles. The molecule has 1 atom stereocenters. The van der Waals surface area contributed by atoms with Crippen LogP contribution in [-0.2, 0) is 6.54 Å². The summed E-state index contributed by atoms with van der Waals surface area (Å²) in [5, 5.41) is 2.95. The average molecular weight is 293 g/mol. The van der Waals surface area contributed by atoms with Crippen LogP contribution in [0.5, 0.6) is 0 Å². The standard InChI is InChI=1S/C13H19N5O3/c1-4-5-18-10(14)9(11(19)17-13(18)20)16-8(3)12-15-6-7(2)21-12/h6,8,16H,4-5,14H2,1-3H3,(H,17,19,20). The fourth-order valence-corrected chi connectivity index (χ4v) is 2.02. The van der Waals surface area contributed by atoms with E-state index in [2.05, 4.69) is 15.3 Å². The minimum atomic E-state index is -0.556. The van der Waals surface area contributed by atoms with Crippen molar-refractivity contribution in [3.8, 4) is 0 Å². The molecule has 2 aromatic rings. The molecule has 2 heterocycles. The Hall–Kier alpha value is -2.51. The minimum absolute atomic E-state index is 0.112. The average Bonchev–Trinajstić information content (AvgIpc) is 2.86. The van der Waals surface area contributed by atoms with Crippen LogP contribution in [0.1, 0.15) is 38.0 Å². The highest BCUT2D eigenvalue weighted by Crippen LogP contribution is 2.19. The number of nitrogens with two attached hydrogens (primary N) is 1. The Bertz CT molecular complexity index is 743. The van der Waals surface area contributed by atoms with Crippen molar-refractivity contribution in [3.63, 3.8) is 0 Å². The van der Waals surface area contributed by atoms with Crippen molar-refractivity contribution in [1.29, 1.82) is 0 Å². The van der Waals surface area contributed by atoms with Gasteiger partial charge in [-0.2, -0.15) is 0 Å². The maximum absolute atomic E-state index is 11.9. The van der Waals surface area contributed by atoms with E-state index in [4.69, 9.17) is 10.2 Å². The van der Waals surface area contributed by atoms with Gasteiger partial charge in [-0.05, 0) is 20.3 Å². The smallest absolute Gasteiger partial charge is 0.330 e. The molecule has 0 aliphatic rings. The molecule has 0 saturated carbocycles. The molecule has 0 spiro atoms. The van der Waals surface area contributed by atoms with Crippen molar-refractivity contribution in [2.75, 3.05) is 11.1 Å². The van der Waals surface area contributed by atoms with Gasteiger partial charge in [-0.25, -0.2) is 9.78 Å². The highest BCUT2D eigenvalue weighted by atomic mass is 16.4. The van der Waals surface area contributed by atoms with Crippen molar-refractivity contribution in [3.05, 3.63) is 38.7 Å². The summed E-state index contributed by atoms with van der Waals surface area (Å²) in [5.74, 6) is 1.23. The highest BCUT2D eigenvalue weighted by molar-refractivity contribution is 5.61. The van der Waals surface area contributed by atoms with Crippen LogP contribution in [0.2, 0.25) is 0 Å². The second-order valence-electron chi connectivity index (χ2n) is 4.85. The van der Waals surface area contributed by atoms with E-state index in [-0.39, 0.29) is 17.5 Å². The molecule has 2 aromatic heterocycles. The largest absolute Gasteiger partial charge is 0.444 e. The maximum atomic E-state index is 11.9. The molecule has 4 N–H and O–H groups in total. The third kappa shape index (κ3) is 2.99. The molecule has 21 heavy (non-hydrogen) atoms. The van der Waals surface area contributed by atoms with E-state index in [1.165, 1.54) is 4.57 Å². The van der Waals surface area contributed by atoms with Gasteiger partial charge in [-0.15, -0.1) is 0 Å². The molecular weight excluding hydrogens is 274 g/mol. The second-order valence-corrected chi connectivity index (χ2v) is 4.85. The number of rotatable bonds is 5. The minimum Gasteiger partial charge on any atom is -0.444 e. The first-order valence-corrected chi connectivity index (χ1v) is 6.75. The van der Waals surface area contributed by atoms with E-state index in [1.54, 1.807) is 20.0 Å². The molecule has 0 saturated heterocycles. The first-order valence-electron chi connectivity index (χ1n) is 6.75. The number of anilines is 2. The predicted molar refractivity (Wildman–Crippen MR) is 79.3 cm³/mol. The number of nitrogens with zero attached hydrogens (tertiary/aromatic N) is 2. The summed E-state index contributed by atoms with van der Waals surface area (Å²) in [6.07, 6.45) is 2.32. The molecule has 1 unspecified atom stereocenters. The maximum Gasteiger partial charge on any atom is 0.330 e. The van der Waals surface area contributed by atoms with Crippen LogP contribution in [-0.4, -0.2) is 14.5 Å². The Morgan fingerprint density at radius 2 is 2.24 bits per heavy atom. The summed E-state index contributed by atoms with van der Waals surface area (Å²) in [4.78, 5) is 30.0. The van der Waals surface area contributed by atoms with Crippen LogP contribution in [0.15, 0.2) is 20.2 Å². The molecule has 114 valence electrons. The van der Waals surface area contributed by atoms with E-state index in [9.17, 15) is 9.59 Å². The molecule has 8 heteroatoms. The topological polar surface area (TPSA) is 119 Å². The van der Waals surface area contributed by atoms with Crippen LogP contribution in [0.3, 0.4) is 0 Å². The second kappa shape index (κ2) is 5.86. The summed E-state index contributed by atoms with van der Waals surface area (Å²) in [6, 6.07) is -0.352. The SMILES string of the molecule is CCCn1c(N)c(NC(C)c2ncc(C)o2)c(=O)[nH]c1=O. The number of hydrogen-bond donors (Lipinski definition) is 3. The van der Waals surface area contributed by atoms with E-state index in [0.717, 1.165) is 6.42 Å². The first kappa shape index (κ1) is 14.9. The summed E-state index contributed by atoms with van der Waals surface area (Å²) < 4.78 is 6.73. The molecule has 2 rings (SSSR count). The van der Waals surface area contributed by atoms with E-state index in [0.29, 0.717) is 18.2 Å². The van der Waals surface area contributed by atoms with E-state index in [1.807, 2.05) is 6.92 Å². The molecule has 0 bridgehead atoms. The lowest BCUT2D eigenvalue weighted by atomic mass is 10.3. The number of oxazole rings is 1. The number of hydrogen-bond acceptors (Lipinski definition) is 6. The van der Waals surface area contributed by atoms with Crippen molar-refractivity contribution < 1.29 is 4.42 Å². The Kier molecular flexibility index (Phi) is 4.15. The van der Waals surface area contributed by atoms with E-state index < -0.39 is 11.2 Å². The Morgan fingerprint density at radius 3 is 2.81 bits per heavy atom. The summed E-state index contributed by atoms with van der Waals surface area (Å²) in [6.45, 7) is 5.93. The zero-order valence-electron chi connectivity index (χ0n) is 12.3. The van der Waals surface area contributed by atoms with Crippen LogP contribution < -0.4 is 22.3 Å². The number of H-pyrrole nitrogens is 1. The van der Waals surface area contributed by atoms with Crippen molar-refractivity contribution in [2.45, 2.75) is 39.8 Å². The number of aryl methyl sites for hydroxylation is 1. The first-order chi connectivity index (χ1) is 9.93. The Labute approximate surface area is 121 Å². The number of aromatic nitrogens is 3.